The highest BCUT2D eigenvalue weighted by Crippen LogP contribution is 2.68. The highest BCUT2D eigenvalue weighted by molar-refractivity contribution is 5.88. The van der Waals surface area contributed by atoms with Gasteiger partial charge in [0.1, 0.15) is 0 Å². The van der Waals surface area contributed by atoms with Crippen molar-refractivity contribution >= 4 is 5.91 Å². The van der Waals surface area contributed by atoms with Crippen molar-refractivity contribution < 1.29 is 4.79 Å². The van der Waals surface area contributed by atoms with Gasteiger partial charge in [0.25, 0.3) is 0 Å². The van der Waals surface area contributed by atoms with Gasteiger partial charge in [-0.1, -0.05) is 13.8 Å². The first-order valence-electron chi connectivity index (χ1n) is 5.27. The Hall–Kier alpha value is -0.530. The Balaban J connectivity index is 1.87. The lowest BCUT2D eigenvalue weighted by Crippen LogP contribution is -2.68. The first-order valence-corrected chi connectivity index (χ1v) is 5.27. The van der Waals surface area contributed by atoms with Crippen LogP contribution in [0.4, 0.5) is 0 Å². The largest absolute Gasteiger partial charge is 0.350 e. The summed E-state index contributed by atoms with van der Waals surface area (Å²) in [5.74, 6) is 2.32. The second-order valence-electron chi connectivity index (χ2n) is 5.93. The minimum atomic E-state index is 0.159. The van der Waals surface area contributed by atoms with Crippen molar-refractivity contribution in [2.45, 2.75) is 39.2 Å². The minimum Gasteiger partial charge on any atom is -0.350 e. The van der Waals surface area contributed by atoms with Crippen LogP contribution in [0.15, 0.2) is 0 Å². The molecule has 0 radical (unpaired) electrons. The van der Waals surface area contributed by atoms with Crippen LogP contribution in [0.25, 0.3) is 0 Å². The molecule has 1 aliphatic heterocycles. The SMILES string of the molecule is CC1(C)[C@@H]2C[C@@]3(C)NC(=O)[C@H]3C[C@@H]21. The molecule has 3 rings (SSSR count). The summed E-state index contributed by atoms with van der Waals surface area (Å²) in [6.45, 7) is 6.91. The van der Waals surface area contributed by atoms with Crippen molar-refractivity contribution in [1.82, 2.24) is 5.32 Å². The molecule has 2 heteroatoms. The van der Waals surface area contributed by atoms with Gasteiger partial charge in [0.2, 0.25) is 5.91 Å². The number of hydrogen-bond donors (Lipinski definition) is 1. The molecule has 0 unspecified atom stereocenters. The van der Waals surface area contributed by atoms with Crippen molar-refractivity contribution in [3.05, 3.63) is 0 Å². The fraction of sp³-hybridized carbons (Fsp3) is 0.909. The zero-order valence-corrected chi connectivity index (χ0v) is 8.55. The van der Waals surface area contributed by atoms with Crippen LogP contribution >= 0.6 is 0 Å². The van der Waals surface area contributed by atoms with Gasteiger partial charge in [-0.15, -0.1) is 0 Å². The van der Waals surface area contributed by atoms with Crippen LogP contribution in [-0.2, 0) is 4.79 Å². The number of nitrogens with one attached hydrogen (secondary N) is 1. The summed E-state index contributed by atoms with van der Waals surface area (Å²) < 4.78 is 0. The van der Waals surface area contributed by atoms with Crippen LogP contribution in [0, 0.1) is 23.2 Å². The Kier molecular flexibility index (Phi) is 1.08. The molecule has 13 heavy (non-hydrogen) atoms. The maximum atomic E-state index is 11.3. The Morgan fingerprint density at radius 1 is 1.31 bits per heavy atom. The van der Waals surface area contributed by atoms with E-state index < -0.39 is 0 Å². The third kappa shape index (κ3) is 0.733. The zero-order valence-electron chi connectivity index (χ0n) is 8.55. The maximum absolute atomic E-state index is 11.3. The van der Waals surface area contributed by atoms with Crippen molar-refractivity contribution in [1.29, 1.82) is 0 Å². The number of rotatable bonds is 0. The molecule has 1 heterocycles. The fourth-order valence-electron chi connectivity index (χ4n) is 3.67. The lowest BCUT2D eigenvalue weighted by Gasteiger charge is -2.49. The molecule has 3 aliphatic rings. The summed E-state index contributed by atoms with van der Waals surface area (Å²) in [6, 6.07) is 0. The van der Waals surface area contributed by atoms with Crippen LogP contribution in [0.2, 0.25) is 0 Å². The Morgan fingerprint density at radius 2 is 2.00 bits per heavy atom. The molecule has 0 aromatic heterocycles. The second kappa shape index (κ2) is 1.79. The zero-order chi connectivity index (χ0) is 9.43. The summed E-state index contributed by atoms with van der Waals surface area (Å²) in [7, 11) is 0. The molecule has 72 valence electrons. The van der Waals surface area contributed by atoms with Gasteiger partial charge in [-0.3, -0.25) is 4.79 Å². The van der Waals surface area contributed by atoms with E-state index in [-0.39, 0.29) is 5.54 Å². The topological polar surface area (TPSA) is 29.1 Å². The molecule has 3 fully saturated rings. The number of carbonyl (C=O) groups is 1. The van der Waals surface area contributed by atoms with E-state index in [0.29, 0.717) is 17.2 Å². The van der Waals surface area contributed by atoms with E-state index in [2.05, 4.69) is 26.1 Å². The molecule has 0 aromatic rings. The molecule has 1 saturated heterocycles. The fourth-order valence-corrected chi connectivity index (χ4v) is 3.67. The number of hydrogen-bond acceptors (Lipinski definition) is 1. The van der Waals surface area contributed by atoms with E-state index in [1.54, 1.807) is 0 Å². The molecule has 2 nitrogen and oxygen atoms in total. The van der Waals surface area contributed by atoms with E-state index >= 15 is 0 Å². The number of fused-ring (bicyclic) bond motifs is 2. The predicted octanol–water partition coefficient (Wildman–Crippen LogP) is 1.56. The number of carbonyl (C=O) groups excluding carboxylic acids is 1. The quantitative estimate of drug-likeness (QED) is 0.562. The molecule has 2 saturated carbocycles. The van der Waals surface area contributed by atoms with Gasteiger partial charge in [0, 0.05) is 5.54 Å². The van der Waals surface area contributed by atoms with E-state index in [0.717, 1.165) is 18.3 Å². The summed E-state index contributed by atoms with van der Waals surface area (Å²) in [5.41, 5.74) is 0.675. The number of β-lactam (4-membered cyclic amide) rings is 1. The molecule has 1 N–H and O–H groups in total. The normalized spacial score (nSPS) is 55.6. The maximum Gasteiger partial charge on any atom is 0.225 e. The first kappa shape index (κ1) is 7.84. The Morgan fingerprint density at radius 3 is 2.62 bits per heavy atom. The van der Waals surface area contributed by atoms with Gasteiger partial charge in [-0.2, -0.15) is 0 Å². The highest BCUT2D eigenvalue weighted by atomic mass is 16.2. The van der Waals surface area contributed by atoms with E-state index in [9.17, 15) is 4.79 Å². The van der Waals surface area contributed by atoms with E-state index in [4.69, 9.17) is 0 Å². The smallest absolute Gasteiger partial charge is 0.225 e. The molecule has 0 aromatic carbocycles. The van der Waals surface area contributed by atoms with E-state index in [1.165, 1.54) is 6.42 Å². The monoisotopic (exact) mass is 179 g/mol. The molecular formula is C11H17NO. The van der Waals surface area contributed by atoms with Crippen LogP contribution in [-0.4, -0.2) is 11.4 Å². The van der Waals surface area contributed by atoms with Gasteiger partial charge >= 0.3 is 0 Å². The molecule has 2 aliphatic carbocycles. The molecule has 4 atom stereocenters. The third-order valence-corrected chi connectivity index (χ3v) is 4.92. The average Bonchev–Trinajstić information content (AvgIpc) is 2.50. The highest BCUT2D eigenvalue weighted by Gasteiger charge is 2.68. The average molecular weight is 179 g/mol. The predicted molar refractivity (Wildman–Crippen MR) is 50.0 cm³/mol. The minimum absolute atomic E-state index is 0.159. The van der Waals surface area contributed by atoms with Crippen molar-refractivity contribution in [2.24, 2.45) is 23.2 Å². The Labute approximate surface area is 79.1 Å². The molecule has 1 amide bonds. The van der Waals surface area contributed by atoms with Crippen molar-refractivity contribution in [2.75, 3.05) is 0 Å². The third-order valence-electron chi connectivity index (χ3n) is 4.92. The molecule has 0 bridgehead atoms. The van der Waals surface area contributed by atoms with Gasteiger partial charge in [-0.05, 0) is 37.0 Å². The summed E-state index contributed by atoms with van der Waals surface area (Å²) in [5, 5.41) is 3.08. The summed E-state index contributed by atoms with van der Waals surface area (Å²) in [4.78, 5) is 11.3. The van der Waals surface area contributed by atoms with Crippen molar-refractivity contribution in [3.63, 3.8) is 0 Å². The standard InChI is InChI=1S/C11H17NO/c1-10(2)6-4-7-9(13)12-11(7,3)5-8(6)10/h6-8H,4-5H2,1-3H3,(H,12,13)/t6-,7+,8+,11+/m0/s1. The lowest BCUT2D eigenvalue weighted by atomic mass is 9.68. The number of amides is 1. The van der Waals surface area contributed by atoms with Gasteiger partial charge in [0.15, 0.2) is 0 Å². The summed E-state index contributed by atoms with van der Waals surface area (Å²) >= 11 is 0. The van der Waals surface area contributed by atoms with Gasteiger partial charge in [0.05, 0.1) is 5.92 Å². The second-order valence-corrected chi connectivity index (χ2v) is 5.93. The Bertz CT molecular complexity index is 296. The van der Waals surface area contributed by atoms with Gasteiger partial charge in [-0.25, -0.2) is 0 Å². The molecular weight excluding hydrogens is 162 g/mol. The summed E-state index contributed by atoms with van der Waals surface area (Å²) in [6.07, 6.45) is 2.35. The van der Waals surface area contributed by atoms with Crippen LogP contribution < -0.4 is 5.32 Å². The molecule has 0 spiro atoms. The van der Waals surface area contributed by atoms with Crippen molar-refractivity contribution in [3.8, 4) is 0 Å². The first-order chi connectivity index (χ1) is 5.95. The van der Waals surface area contributed by atoms with Crippen LogP contribution in [0.1, 0.15) is 33.6 Å². The van der Waals surface area contributed by atoms with Crippen LogP contribution in [0.3, 0.4) is 0 Å². The van der Waals surface area contributed by atoms with Crippen LogP contribution in [0.5, 0.6) is 0 Å². The lowest BCUT2D eigenvalue weighted by molar-refractivity contribution is -0.143. The van der Waals surface area contributed by atoms with Gasteiger partial charge < -0.3 is 5.32 Å². The van der Waals surface area contributed by atoms with E-state index in [1.807, 2.05) is 0 Å².